The van der Waals surface area contributed by atoms with Crippen LogP contribution in [0.15, 0.2) is 66.7 Å². The van der Waals surface area contributed by atoms with Crippen LogP contribution in [-0.4, -0.2) is 20.3 Å². The summed E-state index contributed by atoms with van der Waals surface area (Å²) in [6.45, 7) is 0. The van der Waals surface area contributed by atoms with Gasteiger partial charge in [-0.25, -0.2) is 4.21 Å². The molecule has 0 saturated heterocycles. The molecule has 1 aliphatic carbocycles. The molecule has 0 bridgehead atoms. The first-order valence-electron chi connectivity index (χ1n) is 8.09. The number of nitrogens with two attached hydrogens (primary N) is 2. The molecule has 0 amide bonds. The second kappa shape index (κ2) is 8.03. The summed E-state index contributed by atoms with van der Waals surface area (Å²) in [5.74, 6) is -0.161. The van der Waals surface area contributed by atoms with Crippen molar-refractivity contribution in [1.82, 2.24) is 0 Å². The number of rotatable bonds is 2. The Morgan fingerprint density at radius 1 is 0.714 bits per heavy atom. The van der Waals surface area contributed by atoms with E-state index in [1.807, 2.05) is 0 Å². The Balaban J connectivity index is 0.000000192. The van der Waals surface area contributed by atoms with Crippen molar-refractivity contribution in [3.05, 3.63) is 89.0 Å². The molecule has 0 aliphatic heterocycles. The lowest BCUT2D eigenvalue weighted by Gasteiger charge is -2.19. The number of benzene rings is 3. The van der Waals surface area contributed by atoms with Crippen LogP contribution in [0.4, 0.5) is 11.4 Å². The van der Waals surface area contributed by atoms with Gasteiger partial charge in [-0.2, -0.15) is 0 Å². The quantitative estimate of drug-likeness (QED) is 0.393. The predicted molar refractivity (Wildman–Crippen MR) is 105 cm³/mol. The van der Waals surface area contributed by atoms with Gasteiger partial charge in [-0.15, -0.1) is 0 Å². The van der Waals surface area contributed by atoms with Crippen molar-refractivity contribution >= 4 is 34.3 Å². The van der Waals surface area contributed by atoms with Crippen LogP contribution in [0, 0.1) is 0 Å². The Morgan fingerprint density at radius 3 is 1.61 bits per heavy atom. The maximum Gasteiger partial charge on any atom is 0.196 e. The fraction of sp³-hybridized carbons (Fsp3) is 0. The van der Waals surface area contributed by atoms with Gasteiger partial charge in [-0.1, -0.05) is 42.5 Å². The Kier molecular flexibility index (Phi) is 5.53. The lowest BCUT2D eigenvalue weighted by molar-refractivity contribution is 0.0980. The highest BCUT2D eigenvalue weighted by Gasteiger charge is 2.32. The van der Waals surface area contributed by atoms with Gasteiger partial charge in [0.25, 0.3) is 0 Å². The van der Waals surface area contributed by atoms with Crippen LogP contribution in [0.1, 0.15) is 31.8 Å². The number of fused-ring (bicyclic) bond motifs is 2. The van der Waals surface area contributed by atoms with Crippen molar-refractivity contribution in [2.24, 2.45) is 0 Å². The third kappa shape index (κ3) is 3.78. The van der Waals surface area contributed by atoms with E-state index in [1.54, 1.807) is 66.7 Å². The van der Waals surface area contributed by atoms with Crippen LogP contribution >= 0.6 is 0 Å². The Labute approximate surface area is 163 Å². The third-order valence-electron chi connectivity index (χ3n) is 4.04. The molecule has 0 spiro atoms. The molecule has 4 rings (SSSR count). The fourth-order valence-corrected chi connectivity index (χ4v) is 3.12. The van der Waals surface area contributed by atoms with Crippen molar-refractivity contribution in [3.63, 3.8) is 0 Å². The average molecular weight is 395 g/mol. The molecule has 28 heavy (non-hydrogen) atoms. The van der Waals surface area contributed by atoms with Crippen LogP contribution in [0.25, 0.3) is 0 Å². The summed E-state index contributed by atoms with van der Waals surface area (Å²) in [7, 11) is 0. The molecule has 7 nitrogen and oxygen atoms in total. The third-order valence-corrected chi connectivity index (χ3v) is 4.37. The molecule has 0 heterocycles. The molecule has 0 aromatic heterocycles. The standard InChI is InChI=1S/C14H10N2O2.C6H6O3S/c15-9-5-1-3-7-11(9)14(18)8-4-2-6-10(16)12(8)13(7)17;7-10(8)9-6-4-2-1-3-5-6/h1-6H,15-16H2;1-5H,(H,7,8)/p-1. The zero-order chi connectivity index (χ0) is 20.3. The average Bonchev–Trinajstić information content (AvgIpc) is 2.67. The SMILES string of the molecule is Nc1cccc2c1C(=O)c1cccc(N)c1C2=O.O=S([O-])Oc1ccccc1. The van der Waals surface area contributed by atoms with E-state index in [2.05, 4.69) is 4.18 Å². The van der Waals surface area contributed by atoms with E-state index in [1.165, 1.54) is 0 Å². The molecule has 1 unspecified atom stereocenters. The monoisotopic (exact) mass is 395 g/mol. The topological polar surface area (TPSA) is 136 Å². The largest absolute Gasteiger partial charge is 0.740 e. The lowest BCUT2D eigenvalue weighted by atomic mass is 9.82. The van der Waals surface area contributed by atoms with Gasteiger partial charge in [-0.05, 0) is 24.3 Å². The number of carbonyl (C=O) groups is 2. The van der Waals surface area contributed by atoms with Gasteiger partial charge in [0.15, 0.2) is 11.6 Å². The van der Waals surface area contributed by atoms with E-state index in [0.29, 0.717) is 28.3 Å². The number of anilines is 2. The summed E-state index contributed by atoms with van der Waals surface area (Å²) < 4.78 is 24.2. The Morgan fingerprint density at radius 2 is 1.18 bits per heavy atom. The van der Waals surface area contributed by atoms with Crippen molar-refractivity contribution in [1.29, 1.82) is 0 Å². The molecule has 0 fully saturated rings. The van der Waals surface area contributed by atoms with Crippen molar-refractivity contribution < 1.29 is 22.5 Å². The van der Waals surface area contributed by atoms with Gasteiger partial charge < -0.3 is 20.2 Å². The summed E-state index contributed by atoms with van der Waals surface area (Å²) in [5.41, 5.74) is 13.4. The Bertz CT molecular complexity index is 1020. The van der Waals surface area contributed by atoms with Gasteiger partial charge in [0.05, 0.1) is 11.1 Å². The van der Waals surface area contributed by atoms with E-state index >= 15 is 0 Å². The maximum absolute atomic E-state index is 12.3. The molecule has 3 aromatic rings. The summed E-state index contributed by atoms with van der Waals surface area (Å²) in [6, 6.07) is 18.0. The molecule has 1 aliphatic rings. The first-order valence-corrected chi connectivity index (χ1v) is 9.09. The van der Waals surface area contributed by atoms with E-state index < -0.39 is 11.4 Å². The first-order chi connectivity index (χ1) is 13.4. The molecule has 0 radical (unpaired) electrons. The molecule has 3 aromatic carbocycles. The molecular weight excluding hydrogens is 380 g/mol. The molecule has 1 atom stereocenters. The van der Waals surface area contributed by atoms with Crippen molar-refractivity contribution in [2.75, 3.05) is 11.5 Å². The predicted octanol–water partition coefficient (Wildman–Crippen LogP) is 2.49. The highest BCUT2D eigenvalue weighted by atomic mass is 32.2. The maximum atomic E-state index is 12.3. The molecule has 142 valence electrons. The zero-order valence-corrected chi connectivity index (χ0v) is 15.3. The minimum atomic E-state index is -2.47. The molecule has 8 heteroatoms. The highest BCUT2D eigenvalue weighted by molar-refractivity contribution is 7.74. The number of carbonyl (C=O) groups excluding carboxylic acids is 2. The number of hydrogen-bond acceptors (Lipinski definition) is 7. The second-order valence-corrected chi connectivity index (χ2v) is 6.37. The minimum absolute atomic E-state index is 0.245. The highest BCUT2D eigenvalue weighted by Crippen LogP contribution is 2.33. The van der Waals surface area contributed by atoms with Crippen LogP contribution < -0.4 is 15.7 Å². The summed E-state index contributed by atoms with van der Waals surface area (Å²) in [4.78, 5) is 24.7. The lowest BCUT2D eigenvalue weighted by Crippen LogP contribution is -2.23. The van der Waals surface area contributed by atoms with E-state index in [0.717, 1.165) is 0 Å². The summed E-state index contributed by atoms with van der Waals surface area (Å²) in [6.07, 6.45) is 0. The smallest absolute Gasteiger partial charge is 0.196 e. The van der Waals surface area contributed by atoms with Gasteiger partial charge in [0.2, 0.25) is 0 Å². The normalized spacial score (nSPS) is 12.9. The van der Waals surface area contributed by atoms with Crippen molar-refractivity contribution in [3.8, 4) is 5.75 Å². The summed E-state index contributed by atoms with van der Waals surface area (Å²) in [5, 5.41) is 0. The summed E-state index contributed by atoms with van der Waals surface area (Å²) >= 11 is -2.47. The fourth-order valence-electron chi connectivity index (χ4n) is 2.85. The van der Waals surface area contributed by atoms with Gasteiger partial charge >= 0.3 is 0 Å². The first kappa shape index (κ1) is 19.3. The number of ketones is 2. The minimum Gasteiger partial charge on any atom is -0.740 e. The van der Waals surface area contributed by atoms with Crippen LogP contribution in [0.5, 0.6) is 5.75 Å². The number of para-hydroxylation sites is 1. The van der Waals surface area contributed by atoms with Crippen LogP contribution in [0.2, 0.25) is 0 Å². The van der Waals surface area contributed by atoms with Crippen LogP contribution in [0.3, 0.4) is 0 Å². The van der Waals surface area contributed by atoms with Crippen LogP contribution in [-0.2, 0) is 11.4 Å². The van der Waals surface area contributed by atoms with Gasteiger partial charge in [-0.3, -0.25) is 9.59 Å². The second-order valence-electron chi connectivity index (χ2n) is 5.80. The molecule has 4 N–H and O–H groups in total. The van der Waals surface area contributed by atoms with Gasteiger partial charge in [0, 0.05) is 22.5 Å². The van der Waals surface area contributed by atoms with E-state index in [9.17, 15) is 18.4 Å². The van der Waals surface area contributed by atoms with Gasteiger partial charge in [0.1, 0.15) is 17.1 Å². The zero-order valence-electron chi connectivity index (χ0n) is 14.5. The molecular formula is C20H15N2O5S-. The molecule has 0 saturated carbocycles. The Hall–Kier alpha value is -3.49. The van der Waals surface area contributed by atoms with E-state index in [4.69, 9.17) is 11.5 Å². The number of nitrogen functional groups attached to an aromatic ring is 2. The number of hydrogen-bond donors (Lipinski definition) is 2. The van der Waals surface area contributed by atoms with Crippen molar-refractivity contribution in [2.45, 2.75) is 0 Å². The van der Waals surface area contributed by atoms with E-state index in [-0.39, 0.29) is 22.7 Å².